The maximum Gasteiger partial charge on any atom is 0.232 e. The summed E-state index contributed by atoms with van der Waals surface area (Å²) in [4.78, 5) is 5.84. The number of hydrogen-bond donors (Lipinski definition) is 1. The molecule has 2 aliphatic rings. The molecule has 1 atom stereocenters. The smallest absolute Gasteiger partial charge is 0.232 e. The fourth-order valence-electron chi connectivity index (χ4n) is 4.99. The van der Waals surface area contributed by atoms with Crippen molar-refractivity contribution in [3.63, 3.8) is 0 Å². The molecule has 6 heteroatoms. The molecule has 2 aromatic carbocycles. The van der Waals surface area contributed by atoms with Gasteiger partial charge < -0.3 is 4.98 Å². The van der Waals surface area contributed by atoms with E-state index in [4.69, 9.17) is 0 Å². The quantitative estimate of drug-likeness (QED) is 0.740. The third-order valence-electron chi connectivity index (χ3n) is 6.29. The van der Waals surface area contributed by atoms with Crippen molar-refractivity contribution in [3.05, 3.63) is 65.9 Å². The lowest BCUT2D eigenvalue weighted by atomic mass is 9.78. The number of hydrogen-bond acceptors (Lipinski definition) is 3. The van der Waals surface area contributed by atoms with E-state index in [0.717, 1.165) is 43.7 Å². The number of benzene rings is 2. The molecule has 5 rings (SSSR count). The number of anilines is 1. The number of para-hydroxylation sites is 2. The Kier molecular flexibility index (Phi) is 4.03. The average Bonchev–Trinajstić information content (AvgIpc) is 3.25. The Morgan fingerprint density at radius 3 is 2.71 bits per heavy atom. The van der Waals surface area contributed by atoms with Crippen molar-refractivity contribution in [2.75, 3.05) is 30.2 Å². The van der Waals surface area contributed by atoms with Gasteiger partial charge in [-0.05, 0) is 42.6 Å². The van der Waals surface area contributed by atoms with Crippen molar-refractivity contribution in [2.24, 2.45) is 5.41 Å². The van der Waals surface area contributed by atoms with Gasteiger partial charge in [-0.2, -0.15) is 0 Å². The molecule has 1 fully saturated rings. The van der Waals surface area contributed by atoms with Crippen LogP contribution in [0.5, 0.6) is 0 Å². The molecule has 1 N–H and O–H groups in total. The van der Waals surface area contributed by atoms with Crippen LogP contribution in [0.3, 0.4) is 0 Å². The van der Waals surface area contributed by atoms with Crippen LogP contribution in [-0.4, -0.2) is 44.2 Å². The Hall–Kier alpha value is -2.31. The third-order valence-corrected chi connectivity index (χ3v) is 7.42. The molecule has 1 unspecified atom stereocenters. The lowest BCUT2D eigenvalue weighted by Gasteiger charge is -2.41. The zero-order valence-corrected chi connectivity index (χ0v) is 16.9. The van der Waals surface area contributed by atoms with Gasteiger partial charge in [-0.3, -0.25) is 9.21 Å². The molecule has 3 heterocycles. The van der Waals surface area contributed by atoms with Gasteiger partial charge in [0.15, 0.2) is 0 Å². The molecular weight excluding hydrogens is 370 g/mol. The van der Waals surface area contributed by atoms with Crippen LogP contribution in [0.2, 0.25) is 0 Å². The average molecular weight is 396 g/mol. The fraction of sp³-hybridized carbons (Fsp3) is 0.364. The van der Waals surface area contributed by atoms with Crippen LogP contribution in [0.1, 0.15) is 17.5 Å². The first-order valence-corrected chi connectivity index (χ1v) is 11.6. The van der Waals surface area contributed by atoms with Crippen molar-refractivity contribution >= 4 is 26.6 Å². The molecule has 1 saturated heterocycles. The van der Waals surface area contributed by atoms with Gasteiger partial charge in [-0.1, -0.05) is 36.4 Å². The third kappa shape index (κ3) is 3.01. The number of aromatic nitrogens is 1. The van der Waals surface area contributed by atoms with Crippen LogP contribution in [-0.2, 0) is 23.0 Å². The first-order valence-electron chi connectivity index (χ1n) is 9.77. The van der Waals surface area contributed by atoms with E-state index in [9.17, 15) is 8.42 Å². The molecule has 0 amide bonds. The van der Waals surface area contributed by atoms with Crippen molar-refractivity contribution < 1.29 is 8.42 Å². The van der Waals surface area contributed by atoms with Crippen molar-refractivity contribution in [3.8, 4) is 0 Å². The molecule has 0 bridgehead atoms. The molecule has 0 aliphatic carbocycles. The number of aromatic amines is 1. The fourth-order valence-corrected chi connectivity index (χ4v) is 6.03. The summed E-state index contributed by atoms with van der Waals surface area (Å²) in [5.41, 5.74) is 4.47. The Morgan fingerprint density at radius 2 is 1.86 bits per heavy atom. The van der Waals surface area contributed by atoms with Crippen LogP contribution >= 0.6 is 0 Å². The van der Waals surface area contributed by atoms with E-state index in [0.29, 0.717) is 6.54 Å². The first-order chi connectivity index (χ1) is 13.4. The van der Waals surface area contributed by atoms with E-state index in [1.165, 1.54) is 22.7 Å². The Balaban J connectivity index is 1.41. The van der Waals surface area contributed by atoms with E-state index >= 15 is 0 Å². The van der Waals surface area contributed by atoms with Crippen LogP contribution in [0, 0.1) is 5.41 Å². The van der Waals surface area contributed by atoms with Crippen LogP contribution in [0.25, 0.3) is 10.9 Å². The Labute approximate surface area is 166 Å². The topological polar surface area (TPSA) is 56.4 Å². The number of likely N-dealkylation sites (tertiary alicyclic amines) is 1. The number of nitrogens with zero attached hydrogens (tertiary/aromatic N) is 2. The number of H-pyrrole nitrogens is 1. The van der Waals surface area contributed by atoms with Gasteiger partial charge in [0.05, 0.1) is 11.9 Å². The van der Waals surface area contributed by atoms with Crippen molar-refractivity contribution in [2.45, 2.75) is 19.4 Å². The highest BCUT2D eigenvalue weighted by Gasteiger charge is 2.45. The molecule has 0 radical (unpaired) electrons. The molecule has 1 aromatic heterocycles. The molecule has 0 saturated carbocycles. The van der Waals surface area contributed by atoms with Crippen molar-refractivity contribution in [1.29, 1.82) is 0 Å². The second-order valence-corrected chi connectivity index (χ2v) is 10.3. The van der Waals surface area contributed by atoms with Gasteiger partial charge >= 0.3 is 0 Å². The molecule has 146 valence electrons. The first kappa shape index (κ1) is 17.8. The molecule has 3 aromatic rings. The SMILES string of the molecule is CS(=O)(=O)N1CC2(CCN(Cc3c[nH]c4ccccc34)C2)Cc2ccccc21. The van der Waals surface area contributed by atoms with Gasteiger partial charge in [0.2, 0.25) is 10.0 Å². The molecule has 5 nitrogen and oxygen atoms in total. The van der Waals surface area contributed by atoms with E-state index in [-0.39, 0.29) is 5.41 Å². The van der Waals surface area contributed by atoms with Gasteiger partial charge in [0.1, 0.15) is 0 Å². The molecule has 1 spiro atoms. The Morgan fingerprint density at radius 1 is 1.07 bits per heavy atom. The predicted octanol–water partition coefficient (Wildman–Crippen LogP) is 3.38. The summed E-state index contributed by atoms with van der Waals surface area (Å²) in [5, 5.41) is 1.27. The summed E-state index contributed by atoms with van der Waals surface area (Å²) in [6.45, 7) is 3.39. The standard InChI is InChI=1S/C22H25N3O2S/c1-28(26,27)25-16-22(12-17-6-2-5-9-21(17)25)10-11-24(15-22)14-18-13-23-20-8-4-3-7-19(18)20/h2-9,13,23H,10-12,14-16H2,1H3. The van der Waals surface area contributed by atoms with Gasteiger partial charge in [-0.15, -0.1) is 0 Å². The highest BCUT2D eigenvalue weighted by molar-refractivity contribution is 7.92. The minimum atomic E-state index is -3.29. The van der Waals surface area contributed by atoms with E-state index in [2.05, 4.69) is 40.3 Å². The normalized spacial score (nSPS) is 22.8. The minimum Gasteiger partial charge on any atom is -0.361 e. The van der Waals surface area contributed by atoms with E-state index < -0.39 is 10.0 Å². The second-order valence-electron chi connectivity index (χ2n) is 8.40. The molecule has 2 aliphatic heterocycles. The minimum absolute atomic E-state index is 0.0104. The number of nitrogens with one attached hydrogen (secondary N) is 1. The largest absolute Gasteiger partial charge is 0.361 e. The summed E-state index contributed by atoms with van der Waals surface area (Å²) < 4.78 is 26.6. The zero-order valence-electron chi connectivity index (χ0n) is 16.1. The van der Waals surface area contributed by atoms with E-state index in [1.807, 2.05) is 24.3 Å². The summed E-state index contributed by atoms with van der Waals surface area (Å²) in [6, 6.07) is 16.3. The Bertz CT molecular complexity index is 1140. The number of fused-ring (bicyclic) bond motifs is 2. The van der Waals surface area contributed by atoms with Gasteiger partial charge in [0.25, 0.3) is 0 Å². The summed E-state index contributed by atoms with van der Waals surface area (Å²) in [7, 11) is -3.29. The second kappa shape index (κ2) is 6.36. The predicted molar refractivity (Wildman–Crippen MR) is 113 cm³/mol. The van der Waals surface area contributed by atoms with Crippen LogP contribution in [0.15, 0.2) is 54.7 Å². The zero-order chi connectivity index (χ0) is 19.4. The van der Waals surface area contributed by atoms with Crippen molar-refractivity contribution in [1.82, 2.24) is 9.88 Å². The van der Waals surface area contributed by atoms with Gasteiger partial charge in [-0.25, -0.2) is 8.42 Å². The lowest BCUT2D eigenvalue weighted by Crippen LogP contribution is -2.47. The van der Waals surface area contributed by atoms with E-state index in [1.54, 1.807) is 4.31 Å². The summed E-state index contributed by atoms with van der Waals surface area (Å²) >= 11 is 0. The summed E-state index contributed by atoms with van der Waals surface area (Å²) in [5.74, 6) is 0. The summed E-state index contributed by atoms with van der Waals surface area (Å²) in [6.07, 6.45) is 5.39. The number of sulfonamides is 1. The molecule has 28 heavy (non-hydrogen) atoms. The van der Waals surface area contributed by atoms with Crippen LogP contribution < -0.4 is 4.31 Å². The lowest BCUT2D eigenvalue weighted by molar-refractivity contribution is 0.252. The maximum absolute atomic E-state index is 12.5. The highest BCUT2D eigenvalue weighted by atomic mass is 32.2. The molecular formula is C22H25N3O2S. The van der Waals surface area contributed by atoms with Gasteiger partial charge in [0, 0.05) is 42.1 Å². The highest BCUT2D eigenvalue weighted by Crippen LogP contribution is 2.43. The van der Waals surface area contributed by atoms with Crippen LogP contribution in [0.4, 0.5) is 5.69 Å². The maximum atomic E-state index is 12.5. The number of rotatable bonds is 3. The monoisotopic (exact) mass is 395 g/mol.